The SMILES string of the molecule is CCN(CC(=O)Nc1ccccc1OC)CC(N)=S. The van der Waals surface area contributed by atoms with Crippen LogP contribution >= 0.6 is 12.2 Å². The van der Waals surface area contributed by atoms with Crippen LogP contribution in [-0.4, -0.2) is 42.5 Å². The third kappa shape index (κ3) is 5.23. The van der Waals surface area contributed by atoms with E-state index in [1.807, 2.05) is 24.0 Å². The second-order valence-corrected chi connectivity index (χ2v) is 4.54. The molecule has 0 saturated heterocycles. The molecular weight excluding hydrogens is 262 g/mol. The van der Waals surface area contributed by atoms with Crippen LogP contribution in [0.5, 0.6) is 5.75 Å². The van der Waals surface area contributed by atoms with Gasteiger partial charge in [-0.3, -0.25) is 9.69 Å². The zero-order valence-corrected chi connectivity index (χ0v) is 12.0. The Kier molecular flexibility index (Phi) is 6.24. The number of methoxy groups -OCH3 is 1. The molecule has 0 bridgehead atoms. The van der Waals surface area contributed by atoms with Crippen molar-refractivity contribution in [1.29, 1.82) is 0 Å². The molecule has 0 spiro atoms. The highest BCUT2D eigenvalue weighted by Gasteiger charge is 2.11. The van der Waals surface area contributed by atoms with E-state index >= 15 is 0 Å². The summed E-state index contributed by atoms with van der Waals surface area (Å²) >= 11 is 4.84. The number of likely N-dealkylation sites (N-methyl/N-ethyl adjacent to an activating group) is 1. The molecule has 0 aliphatic heterocycles. The molecule has 6 heteroatoms. The lowest BCUT2D eigenvalue weighted by molar-refractivity contribution is -0.117. The molecule has 1 aromatic carbocycles. The molecular formula is C13H19N3O2S. The molecule has 0 radical (unpaired) electrons. The minimum Gasteiger partial charge on any atom is -0.495 e. The number of nitrogens with two attached hydrogens (primary N) is 1. The maximum absolute atomic E-state index is 11.9. The van der Waals surface area contributed by atoms with E-state index in [1.165, 1.54) is 0 Å². The number of carbonyl (C=O) groups is 1. The largest absolute Gasteiger partial charge is 0.495 e. The number of benzene rings is 1. The first kappa shape index (κ1) is 15.4. The number of carbonyl (C=O) groups excluding carboxylic acids is 1. The number of amides is 1. The average molecular weight is 281 g/mol. The van der Waals surface area contributed by atoms with Crippen LogP contribution < -0.4 is 15.8 Å². The molecule has 0 aromatic heterocycles. The minimum atomic E-state index is -0.123. The Labute approximate surface area is 118 Å². The summed E-state index contributed by atoms with van der Waals surface area (Å²) in [5.74, 6) is 0.510. The molecule has 1 aromatic rings. The molecule has 0 aliphatic rings. The predicted molar refractivity (Wildman–Crippen MR) is 80.5 cm³/mol. The van der Waals surface area contributed by atoms with Crippen LogP contribution in [0.25, 0.3) is 0 Å². The molecule has 104 valence electrons. The Morgan fingerprint density at radius 3 is 2.68 bits per heavy atom. The molecule has 5 nitrogen and oxygen atoms in total. The van der Waals surface area contributed by atoms with E-state index in [-0.39, 0.29) is 12.5 Å². The van der Waals surface area contributed by atoms with E-state index in [9.17, 15) is 4.79 Å². The van der Waals surface area contributed by atoms with E-state index < -0.39 is 0 Å². The second kappa shape index (κ2) is 7.70. The summed E-state index contributed by atoms with van der Waals surface area (Å²) in [5, 5.41) is 2.81. The van der Waals surface area contributed by atoms with Gasteiger partial charge in [0.25, 0.3) is 0 Å². The maximum atomic E-state index is 11.9. The van der Waals surface area contributed by atoms with Gasteiger partial charge in [0.05, 0.1) is 24.3 Å². The first-order valence-corrected chi connectivity index (χ1v) is 6.41. The fraction of sp³-hybridized carbons (Fsp3) is 0.385. The summed E-state index contributed by atoms with van der Waals surface area (Å²) in [6, 6.07) is 7.27. The van der Waals surface area contributed by atoms with Gasteiger partial charge in [-0.05, 0) is 18.7 Å². The second-order valence-electron chi connectivity index (χ2n) is 4.02. The first-order chi connectivity index (χ1) is 9.06. The van der Waals surface area contributed by atoms with Crippen molar-refractivity contribution in [2.75, 3.05) is 32.1 Å². The number of thiocarbonyl (C=S) groups is 1. The Hall–Kier alpha value is -1.66. The molecule has 0 aliphatic carbocycles. The molecule has 1 rings (SSSR count). The lowest BCUT2D eigenvalue weighted by atomic mass is 10.3. The quantitative estimate of drug-likeness (QED) is 0.736. The average Bonchev–Trinajstić information content (AvgIpc) is 2.38. The minimum absolute atomic E-state index is 0.123. The number of hydrogen-bond acceptors (Lipinski definition) is 4. The van der Waals surface area contributed by atoms with E-state index in [2.05, 4.69) is 5.32 Å². The Morgan fingerprint density at radius 1 is 1.42 bits per heavy atom. The monoisotopic (exact) mass is 281 g/mol. The third-order valence-electron chi connectivity index (χ3n) is 2.57. The smallest absolute Gasteiger partial charge is 0.238 e. The van der Waals surface area contributed by atoms with E-state index in [4.69, 9.17) is 22.7 Å². The molecule has 0 saturated carbocycles. The molecule has 0 unspecified atom stereocenters. The Bertz CT molecular complexity index is 451. The lowest BCUT2D eigenvalue weighted by Crippen LogP contribution is -2.38. The van der Waals surface area contributed by atoms with Crippen molar-refractivity contribution in [3.63, 3.8) is 0 Å². The summed E-state index contributed by atoms with van der Waals surface area (Å²) in [6.07, 6.45) is 0. The van der Waals surface area contributed by atoms with Crippen LogP contribution in [0.15, 0.2) is 24.3 Å². The van der Waals surface area contributed by atoms with Crippen molar-refractivity contribution in [3.8, 4) is 5.75 Å². The Balaban J connectivity index is 2.61. The number of nitrogens with zero attached hydrogens (tertiary/aromatic N) is 1. The highest BCUT2D eigenvalue weighted by molar-refractivity contribution is 7.80. The van der Waals surface area contributed by atoms with E-state index in [1.54, 1.807) is 19.2 Å². The highest BCUT2D eigenvalue weighted by Crippen LogP contribution is 2.22. The van der Waals surface area contributed by atoms with Crippen molar-refractivity contribution in [1.82, 2.24) is 4.90 Å². The van der Waals surface area contributed by atoms with Crippen molar-refractivity contribution < 1.29 is 9.53 Å². The first-order valence-electron chi connectivity index (χ1n) is 6.00. The van der Waals surface area contributed by atoms with Gasteiger partial charge in [-0.25, -0.2) is 0 Å². The predicted octanol–water partition coefficient (Wildman–Crippen LogP) is 1.24. The number of para-hydroxylation sites is 2. The molecule has 0 atom stereocenters. The molecule has 3 N–H and O–H groups in total. The molecule has 0 fully saturated rings. The van der Waals surface area contributed by atoms with Gasteiger partial charge < -0.3 is 15.8 Å². The molecule has 0 heterocycles. The normalized spacial score (nSPS) is 10.3. The summed E-state index contributed by atoms with van der Waals surface area (Å²) in [5.41, 5.74) is 6.13. The van der Waals surface area contributed by atoms with Crippen molar-refractivity contribution in [3.05, 3.63) is 24.3 Å². The van der Waals surface area contributed by atoms with Gasteiger partial charge in [-0.15, -0.1) is 0 Å². The van der Waals surface area contributed by atoms with Crippen LogP contribution in [0.1, 0.15) is 6.92 Å². The standard InChI is InChI=1S/C13H19N3O2S/c1-3-16(8-12(14)19)9-13(17)15-10-6-4-5-7-11(10)18-2/h4-7H,3,8-9H2,1-2H3,(H2,14,19)(H,15,17). The van der Waals surface area contributed by atoms with Gasteiger partial charge in [0, 0.05) is 6.54 Å². The van der Waals surface area contributed by atoms with Gasteiger partial charge in [0.1, 0.15) is 5.75 Å². The van der Waals surface area contributed by atoms with Gasteiger partial charge in [-0.1, -0.05) is 31.3 Å². The van der Waals surface area contributed by atoms with E-state index in [0.29, 0.717) is 29.5 Å². The summed E-state index contributed by atoms with van der Waals surface area (Å²) < 4.78 is 5.17. The summed E-state index contributed by atoms with van der Waals surface area (Å²) in [6.45, 7) is 3.34. The number of rotatable bonds is 7. The fourth-order valence-corrected chi connectivity index (χ4v) is 1.82. The lowest BCUT2D eigenvalue weighted by Gasteiger charge is -2.19. The Morgan fingerprint density at radius 2 is 2.11 bits per heavy atom. The number of ether oxygens (including phenoxy) is 1. The van der Waals surface area contributed by atoms with Crippen LogP contribution in [0.3, 0.4) is 0 Å². The van der Waals surface area contributed by atoms with Crippen LogP contribution in [0.2, 0.25) is 0 Å². The van der Waals surface area contributed by atoms with Crippen molar-refractivity contribution in [2.45, 2.75) is 6.92 Å². The molecule has 19 heavy (non-hydrogen) atoms. The van der Waals surface area contributed by atoms with Gasteiger partial charge in [-0.2, -0.15) is 0 Å². The maximum Gasteiger partial charge on any atom is 0.238 e. The van der Waals surface area contributed by atoms with Crippen LogP contribution in [0, 0.1) is 0 Å². The van der Waals surface area contributed by atoms with Gasteiger partial charge in [0.2, 0.25) is 5.91 Å². The fourth-order valence-electron chi connectivity index (χ4n) is 1.64. The molecule has 1 amide bonds. The topological polar surface area (TPSA) is 67.6 Å². The zero-order valence-electron chi connectivity index (χ0n) is 11.2. The van der Waals surface area contributed by atoms with Gasteiger partial charge >= 0.3 is 0 Å². The number of anilines is 1. The number of hydrogen-bond donors (Lipinski definition) is 2. The highest BCUT2D eigenvalue weighted by atomic mass is 32.1. The summed E-state index contributed by atoms with van der Waals surface area (Å²) in [7, 11) is 1.57. The van der Waals surface area contributed by atoms with Crippen molar-refractivity contribution >= 4 is 28.8 Å². The zero-order chi connectivity index (χ0) is 14.3. The van der Waals surface area contributed by atoms with Crippen LogP contribution in [-0.2, 0) is 4.79 Å². The third-order valence-corrected chi connectivity index (χ3v) is 2.70. The number of nitrogens with one attached hydrogen (secondary N) is 1. The van der Waals surface area contributed by atoms with Crippen molar-refractivity contribution in [2.24, 2.45) is 5.73 Å². The van der Waals surface area contributed by atoms with Crippen LogP contribution in [0.4, 0.5) is 5.69 Å². The van der Waals surface area contributed by atoms with E-state index in [0.717, 1.165) is 0 Å². The summed E-state index contributed by atoms with van der Waals surface area (Å²) in [4.78, 5) is 14.2. The van der Waals surface area contributed by atoms with Gasteiger partial charge in [0.15, 0.2) is 0 Å².